The van der Waals surface area contributed by atoms with Crippen molar-refractivity contribution in [3.63, 3.8) is 0 Å². The van der Waals surface area contributed by atoms with Crippen LogP contribution in [0.4, 0.5) is 0 Å². The number of hydrogen-bond donors (Lipinski definition) is 0. The third-order valence-electron chi connectivity index (χ3n) is 7.45. The van der Waals surface area contributed by atoms with E-state index in [1.807, 2.05) is 0 Å². The highest BCUT2D eigenvalue weighted by Crippen LogP contribution is 2.13. The Hall–Kier alpha value is -4.21. The first kappa shape index (κ1) is 30.7. The number of aryl methyl sites for hydroxylation is 7. The standard InChI is InChI=1S/C39H46N3/c1-34-16-25-40(26-17-34)22-10-4-7-13-37-31-38(14-8-5-11-23-41-27-18-35(2)19-28-41)33-39(32-37)15-9-6-12-24-42-29-20-36(3)21-30-42/h16-21,25-33H,4-7,10-13,22-24H2,1-3H3/q+3. The normalized spacial score (nSPS) is 10.5. The molecule has 0 N–H and O–H groups in total. The van der Waals surface area contributed by atoms with Crippen molar-refractivity contribution in [2.75, 3.05) is 0 Å². The van der Waals surface area contributed by atoms with Crippen LogP contribution < -0.4 is 13.7 Å². The van der Waals surface area contributed by atoms with E-state index in [2.05, 4.69) is 150 Å². The van der Waals surface area contributed by atoms with E-state index in [0.717, 1.165) is 62.9 Å². The van der Waals surface area contributed by atoms with Crippen molar-refractivity contribution in [1.82, 2.24) is 0 Å². The number of hydrogen-bond acceptors (Lipinski definition) is 0. The zero-order valence-electron chi connectivity index (χ0n) is 25.8. The van der Waals surface area contributed by atoms with Gasteiger partial charge in [0.05, 0.1) is 0 Å². The largest absolute Gasteiger partial charge is 0.205 e. The van der Waals surface area contributed by atoms with Gasteiger partial charge in [0.25, 0.3) is 0 Å². The van der Waals surface area contributed by atoms with Gasteiger partial charge in [0.1, 0.15) is 19.6 Å². The molecule has 42 heavy (non-hydrogen) atoms. The first-order valence-corrected chi connectivity index (χ1v) is 15.5. The molecule has 4 aromatic rings. The minimum Gasteiger partial charge on any atom is -0.205 e. The molecule has 3 nitrogen and oxygen atoms in total. The molecule has 0 saturated heterocycles. The quantitative estimate of drug-likeness (QED) is 0.107. The summed E-state index contributed by atoms with van der Waals surface area (Å²) in [6.07, 6.45) is 21.5. The van der Waals surface area contributed by atoms with Crippen LogP contribution in [0.25, 0.3) is 0 Å². The van der Waals surface area contributed by atoms with E-state index in [9.17, 15) is 0 Å². The van der Waals surface area contributed by atoms with Crippen molar-refractivity contribution < 1.29 is 13.7 Å². The molecule has 0 saturated carbocycles. The Balaban J connectivity index is 1.32. The zero-order chi connectivity index (χ0) is 29.4. The van der Waals surface area contributed by atoms with Gasteiger partial charge in [0, 0.05) is 79.6 Å². The maximum Gasteiger partial charge on any atom is 0.169 e. The topological polar surface area (TPSA) is 11.6 Å². The van der Waals surface area contributed by atoms with Crippen LogP contribution in [-0.4, -0.2) is 0 Å². The SMILES string of the molecule is Cc1cc[n+](CCCC#Cc2cc(C#CCCC[n+]3ccc(C)cc3)cc(CCCCC[n+]3ccc(C)cc3)c2)cc1. The van der Waals surface area contributed by atoms with Gasteiger partial charge >= 0.3 is 0 Å². The predicted octanol–water partition coefficient (Wildman–Crippen LogP) is 6.55. The second kappa shape index (κ2) is 16.9. The summed E-state index contributed by atoms with van der Waals surface area (Å²) >= 11 is 0. The summed E-state index contributed by atoms with van der Waals surface area (Å²) in [6, 6.07) is 19.7. The third kappa shape index (κ3) is 11.3. The van der Waals surface area contributed by atoms with E-state index in [-0.39, 0.29) is 0 Å². The molecule has 3 heterocycles. The maximum absolute atomic E-state index is 3.44. The van der Waals surface area contributed by atoms with E-state index in [1.165, 1.54) is 41.5 Å². The Morgan fingerprint density at radius 3 is 1.31 bits per heavy atom. The van der Waals surface area contributed by atoms with Gasteiger partial charge in [-0.25, -0.2) is 13.7 Å². The Morgan fingerprint density at radius 2 is 0.881 bits per heavy atom. The van der Waals surface area contributed by atoms with Crippen LogP contribution in [0.5, 0.6) is 0 Å². The van der Waals surface area contributed by atoms with Crippen molar-refractivity contribution in [3.05, 3.63) is 125 Å². The van der Waals surface area contributed by atoms with Crippen molar-refractivity contribution >= 4 is 0 Å². The van der Waals surface area contributed by atoms with Gasteiger partial charge < -0.3 is 0 Å². The average molecular weight is 557 g/mol. The maximum atomic E-state index is 3.44. The Morgan fingerprint density at radius 1 is 0.476 bits per heavy atom. The number of aromatic nitrogens is 3. The molecule has 1 aromatic carbocycles. The van der Waals surface area contributed by atoms with Gasteiger partial charge in [-0.1, -0.05) is 23.7 Å². The first-order chi connectivity index (χ1) is 20.5. The van der Waals surface area contributed by atoms with E-state index in [1.54, 1.807) is 0 Å². The number of nitrogens with zero attached hydrogens (tertiary/aromatic N) is 3. The third-order valence-corrected chi connectivity index (χ3v) is 7.45. The van der Waals surface area contributed by atoms with E-state index < -0.39 is 0 Å². The molecule has 0 bridgehead atoms. The van der Waals surface area contributed by atoms with Gasteiger partial charge in [-0.2, -0.15) is 0 Å². The van der Waals surface area contributed by atoms with Crippen molar-refractivity contribution in [2.45, 2.75) is 91.8 Å². The van der Waals surface area contributed by atoms with Crippen molar-refractivity contribution in [1.29, 1.82) is 0 Å². The molecular formula is C39H46N3+3. The van der Waals surface area contributed by atoms with Gasteiger partial charge in [-0.3, -0.25) is 0 Å². The fraction of sp³-hybridized carbons (Fsp3) is 0.359. The fourth-order valence-corrected chi connectivity index (χ4v) is 4.85. The highest BCUT2D eigenvalue weighted by atomic mass is 14.9. The van der Waals surface area contributed by atoms with Crippen LogP contribution in [0.15, 0.2) is 91.8 Å². The molecular weight excluding hydrogens is 510 g/mol. The van der Waals surface area contributed by atoms with E-state index in [0.29, 0.717) is 0 Å². The lowest BCUT2D eigenvalue weighted by Crippen LogP contribution is -2.32. The summed E-state index contributed by atoms with van der Waals surface area (Å²) in [5, 5.41) is 0. The molecule has 3 aromatic heterocycles. The van der Waals surface area contributed by atoms with Crippen LogP contribution in [0, 0.1) is 44.5 Å². The predicted molar refractivity (Wildman–Crippen MR) is 170 cm³/mol. The number of rotatable bonds is 12. The highest BCUT2D eigenvalue weighted by molar-refractivity contribution is 5.46. The minimum absolute atomic E-state index is 0.888. The molecule has 0 radical (unpaired) electrons. The number of unbranched alkanes of at least 4 members (excludes halogenated alkanes) is 4. The number of benzene rings is 1. The molecule has 4 rings (SSSR count). The van der Waals surface area contributed by atoms with Crippen LogP contribution in [0.2, 0.25) is 0 Å². The molecule has 214 valence electrons. The van der Waals surface area contributed by atoms with Crippen molar-refractivity contribution in [3.8, 4) is 23.7 Å². The molecule has 0 aliphatic carbocycles. The molecule has 0 spiro atoms. The lowest BCUT2D eigenvalue weighted by Gasteiger charge is -2.04. The second-order valence-corrected chi connectivity index (χ2v) is 11.4. The Kier molecular flexibility index (Phi) is 12.4. The van der Waals surface area contributed by atoms with Gasteiger partial charge in [0.2, 0.25) is 0 Å². The summed E-state index contributed by atoms with van der Waals surface area (Å²) in [5.41, 5.74) is 7.42. The Labute approximate surface area is 253 Å². The lowest BCUT2D eigenvalue weighted by molar-refractivity contribution is -0.697. The second-order valence-electron chi connectivity index (χ2n) is 11.4. The molecule has 0 amide bonds. The van der Waals surface area contributed by atoms with Crippen LogP contribution in [0.1, 0.15) is 78.3 Å². The van der Waals surface area contributed by atoms with Crippen LogP contribution in [0.3, 0.4) is 0 Å². The smallest absolute Gasteiger partial charge is 0.169 e. The van der Waals surface area contributed by atoms with Gasteiger partial charge in [-0.05, 0) is 80.5 Å². The Bertz CT molecular complexity index is 1420. The molecule has 0 aliphatic heterocycles. The fourth-order valence-electron chi connectivity index (χ4n) is 4.85. The van der Waals surface area contributed by atoms with Gasteiger partial charge in [0.15, 0.2) is 37.2 Å². The summed E-state index contributed by atoms with van der Waals surface area (Å²) in [5.74, 6) is 13.7. The van der Waals surface area contributed by atoms with Crippen LogP contribution >= 0.6 is 0 Å². The zero-order valence-corrected chi connectivity index (χ0v) is 25.8. The molecule has 0 aliphatic rings. The molecule has 0 unspecified atom stereocenters. The van der Waals surface area contributed by atoms with Crippen LogP contribution in [-0.2, 0) is 26.1 Å². The molecule has 0 fully saturated rings. The van der Waals surface area contributed by atoms with E-state index in [4.69, 9.17) is 0 Å². The average Bonchev–Trinajstić information content (AvgIpc) is 2.99. The van der Waals surface area contributed by atoms with E-state index >= 15 is 0 Å². The summed E-state index contributed by atoms with van der Waals surface area (Å²) < 4.78 is 6.75. The van der Waals surface area contributed by atoms with Gasteiger partial charge in [-0.15, -0.1) is 0 Å². The highest BCUT2D eigenvalue weighted by Gasteiger charge is 2.03. The lowest BCUT2D eigenvalue weighted by atomic mass is 10.0. The molecule has 0 atom stereocenters. The summed E-state index contributed by atoms with van der Waals surface area (Å²) in [4.78, 5) is 0. The molecule has 3 heteroatoms. The first-order valence-electron chi connectivity index (χ1n) is 15.5. The summed E-state index contributed by atoms with van der Waals surface area (Å²) in [6.45, 7) is 9.44. The number of pyridine rings is 3. The monoisotopic (exact) mass is 556 g/mol. The summed E-state index contributed by atoms with van der Waals surface area (Å²) in [7, 11) is 0. The minimum atomic E-state index is 0.888. The van der Waals surface area contributed by atoms with Crippen molar-refractivity contribution in [2.24, 2.45) is 0 Å².